The number of methoxy groups -OCH3 is 1. The van der Waals surface area contributed by atoms with Crippen LogP contribution in [-0.4, -0.2) is 31.8 Å². The molecule has 0 saturated carbocycles. The van der Waals surface area contributed by atoms with Crippen LogP contribution in [0.25, 0.3) is 0 Å². The van der Waals surface area contributed by atoms with E-state index in [0.717, 1.165) is 36.9 Å². The minimum Gasteiger partial charge on any atom is -0.384 e. The van der Waals surface area contributed by atoms with Gasteiger partial charge in [-0.25, -0.2) is 9.37 Å². The number of nitrogens with zero attached hydrogens (tertiary/aromatic N) is 2. The number of hydrogen-bond donors (Lipinski definition) is 1. The first kappa shape index (κ1) is 16.8. The van der Waals surface area contributed by atoms with Crippen LogP contribution in [0.5, 0.6) is 0 Å². The average Bonchev–Trinajstić information content (AvgIpc) is 3.19. The first-order valence-electron chi connectivity index (χ1n) is 7.22. The van der Waals surface area contributed by atoms with Gasteiger partial charge in [-0.1, -0.05) is 11.6 Å². The van der Waals surface area contributed by atoms with Gasteiger partial charge in [0, 0.05) is 37.7 Å². The molecule has 0 aliphatic carbocycles. The highest BCUT2D eigenvalue weighted by Crippen LogP contribution is 2.36. The van der Waals surface area contributed by atoms with Gasteiger partial charge in [-0.3, -0.25) is 0 Å². The third-order valence-corrected chi connectivity index (χ3v) is 5.66. The van der Waals surface area contributed by atoms with E-state index in [2.05, 4.69) is 14.6 Å². The molecule has 1 saturated heterocycles. The van der Waals surface area contributed by atoms with Gasteiger partial charge in [0.15, 0.2) is 5.13 Å². The summed E-state index contributed by atoms with van der Waals surface area (Å²) < 4.78 is 22.6. The Morgan fingerprint density at radius 1 is 1.57 bits per heavy atom. The van der Waals surface area contributed by atoms with Crippen molar-refractivity contribution in [2.24, 2.45) is 5.92 Å². The molecule has 1 fully saturated rings. The fourth-order valence-electron chi connectivity index (χ4n) is 2.63. The average molecular weight is 374 g/mol. The van der Waals surface area contributed by atoms with E-state index in [0.29, 0.717) is 15.8 Å². The van der Waals surface area contributed by atoms with Crippen LogP contribution < -0.4 is 9.62 Å². The first-order valence-corrected chi connectivity index (χ1v) is 9.30. The molecule has 0 radical (unpaired) electrons. The molecule has 0 spiro atoms. The minimum atomic E-state index is -0.284. The summed E-state index contributed by atoms with van der Waals surface area (Å²) in [6, 6.07) is 3.19. The van der Waals surface area contributed by atoms with Gasteiger partial charge >= 0.3 is 0 Å². The molecule has 0 bridgehead atoms. The van der Waals surface area contributed by atoms with Crippen molar-refractivity contribution in [2.75, 3.05) is 36.4 Å². The standard InChI is InChI=1S/C15H17ClFN3OS2/c1-21-9-10-2-4-20(8-10)13-7-12(17)14(6-11(13)16)23-19-15-18-3-5-22-15/h3,5-7,10H,2,4,8-9H2,1H3,(H,18,19). The summed E-state index contributed by atoms with van der Waals surface area (Å²) in [7, 11) is 1.71. The maximum absolute atomic E-state index is 14.4. The van der Waals surface area contributed by atoms with Crippen LogP contribution in [0.1, 0.15) is 6.42 Å². The zero-order valence-electron chi connectivity index (χ0n) is 12.6. The number of halogens is 2. The summed E-state index contributed by atoms with van der Waals surface area (Å²) in [5.41, 5.74) is 0.751. The van der Waals surface area contributed by atoms with Crippen LogP contribution in [0.4, 0.5) is 15.2 Å². The second kappa shape index (κ2) is 7.70. The smallest absolute Gasteiger partial charge is 0.192 e. The number of thiazole rings is 1. The molecule has 1 N–H and O–H groups in total. The first-order chi connectivity index (χ1) is 11.2. The number of benzene rings is 1. The largest absolute Gasteiger partial charge is 0.384 e. The fourth-order valence-corrected chi connectivity index (χ4v) is 4.26. The Hall–Kier alpha value is -1.02. The molecular weight excluding hydrogens is 357 g/mol. The highest BCUT2D eigenvalue weighted by molar-refractivity contribution is 8.00. The Bertz CT molecular complexity index is 656. The Labute approximate surface area is 148 Å². The monoisotopic (exact) mass is 373 g/mol. The Morgan fingerprint density at radius 3 is 3.17 bits per heavy atom. The molecule has 1 atom stereocenters. The zero-order valence-corrected chi connectivity index (χ0v) is 15.0. The predicted octanol–water partition coefficient (Wildman–Crippen LogP) is 4.53. The lowest BCUT2D eigenvalue weighted by atomic mass is 10.1. The number of hydrogen-bond acceptors (Lipinski definition) is 6. The van der Waals surface area contributed by atoms with Crippen molar-refractivity contribution in [1.29, 1.82) is 0 Å². The quantitative estimate of drug-likeness (QED) is 0.753. The Morgan fingerprint density at radius 2 is 2.43 bits per heavy atom. The molecule has 1 aliphatic heterocycles. The SMILES string of the molecule is COCC1CCN(c2cc(F)c(SNc3nccs3)cc2Cl)C1. The van der Waals surface area contributed by atoms with Crippen molar-refractivity contribution in [2.45, 2.75) is 11.3 Å². The molecule has 1 unspecified atom stereocenters. The maximum Gasteiger partial charge on any atom is 0.192 e. The maximum atomic E-state index is 14.4. The molecule has 2 heterocycles. The van der Waals surface area contributed by atoms with Crippen molar-refractivity contribution in [1.82, 2.24) is 4.98 Å². The van der Waals surface area contributed by atoms with Crippen molar-refractivity contribution >= 4 is 45.7 Å². The highest BCUT2D eigenvalue weighted by atomic mass is 35.5. The summed E-state index contributed by atoms with van der Waals surface area (Å²) >= 11 is 9.01. The minimum absolute atomic E-state index is 0.284. The van der Waals surface area contributed by atoms with Crippen LogP contribution in [0.2, 0.25) is 5.02 Å². The fraction of sp³-hybridized carbons (Fsp3) is 0.400. The number of aromatic nitrogens is 1. The van der Waals surface area contributed by atoms with Gasteiger partial charge in [0.2, 0.25) is 0 Å². The second-order valence-corrected chi connectivity index (χ2v) is 7.48. The molecule has 8 heteroatoms. The van der Waals surface area contributed by atoms with E-state index in [9.17, 15) is 4.39 Å². The van der Waals surface area contributed by atoms with Gasteiger partial charge in [-0.05, 0) is 30.5 Å². The normalized spacial score (nSPS) is 17.7. The predicted molar refractivity (Wildman–Crippen MR) is 95.2 cm³/mol. The van der Waals surface area contributed by atoms with E-state index >= 15 is 0 Å². The van der Waals surface area contributed by atoms with E-state index in [1.165, 1.54) is 29.4 Å². The van der Waals surface area contributed by atoms with Gasteiger partial charge in [0.1, 0.15) is 5.82 Å². The third-order valence-electron chi connectivity index (χ3n) is 3.71. The van der Waals surface area contributed by atoms with Crippen LogP contribution in [0.3, 0.4) is 0 Å². The van der Waals surface area contributed by atoms with Gasteiger partial charge in [0.05, 0.1) is 22.2 Å². The van der Waals surface area contributed by atoms with Crippen LogP contribution in [0.15, 0.2) is 28.6 Å². The zero-order chi connectivity index (χ0) is 16.2. The van der Waals surface area contributed by atoms with Crippen molar-refractivity contribution in [3.05, 3.63) is 34.5 Å². The van der Waals surface area contributed by atoms with Crippen LogP contribution in [0, 0.1) is 11.7 Å². The van der Waals surface area contributed by atoms with Crippen molar-refractivity contribution < 1.29 is 9.13 Å². The Balaban J connectivity index is 1.70. The van der Waals surface area contributed by atoms with E-state index in [1.807, 2.05) is 5.38 Å². The van der Waals surface area contributed by atoms with Crippen LogP contribution >= 0.6 is 34.9 Å². The molecule has 4 nitrogen and oxygen atoms in total. The molecule has 1 aliphatic rings. The van der Waals surface area contributed by atoms with E-state index in [1.54, 1.807) is 19.4 Å². The number of ether oxygens (including phenoxy) is 1. The summed E-state index contributed by atoms with van der Waals surface area (Å²) in [4.78, 5) is 6.68. The lowest BCUT2D eigenvalue weighted by Gasteiger charge is -2.21. The third kappa shape index (κ3) is 4.09. The number of nitrogens with one attached hydrogen (secondary N) is 1. The van der Waals surface area contributed by atoms with Crippen LogP contribution in [-0.2, 0) is 4.74 Å². The lowest BCUT2D eigenvalue weighted by molar-refractivity contribution is 0.161. The topological polar surface area (TPSA) is 37.4 Å². The summed E-state index contributed by atoms with van der Waals surface area (Å²) in [6.07, 6.45) is 2.73. The molecule has 1 aromatic carbocycles. The second-order valence-electron chi connectivity index (χ2n) is 5.33. The van der Waals surface area contributed by atoms with Gasteiger partial charge in [0.25, 0.3) is 0 Å². The van der Waals surface area contributed by atoms with Crippen molar-refractivity contribution in [3.63, 3.8) is 0 Å². The van der Waals surface area contributed by atoms with Gasteiger partial charge < -0.3 is 14.4 Å². The lowest BCUT2D eigenvalue weighted by Crippen LogP contribution is -2.21. The van der Waals surface area contributed by atoms with E-state index < -0.39 is 0 Å². The van der Waals surface area contributed by atoms with Crippen molar-refractivity contribution in [3.8, 4) is 0 Å². The summed E-state index contributed by atoms with van der Waals surface area (Å²) in [6.45, 7) is 2.44. The number of anilines is 2. The molecular formula is C15H17ClFN3OS2. The summed E-state index contributed by atoms with van der Waals surface area (Å²) in [5.74, 6) is 0.188. The van der Waals surface area contributed by atoms with E-state index in [-0.39, 0.29) is 5.82 Å². The number of rotatable bonds is 6. The summed E-state index contributed by atoms with van der Waals surface area (Å²) in [5, 5.41) is 3.16. The molecule has 23 heavy (non-hydrogen) atoms. The molecule has 124 valence electrons. The van der Waals surface area contributed by atoms with Gasteiger partial charge in [-0.15, -0.1) is 11.3 Å². The molecule has 2 aromatic rings. The molecule has 3 rings (SSSR count). The molecule has 1 aromatic heterocycles. The van der Waals surface area contributed by atoms with E-state index in [4.69, 9.17) is 16.3 Å². The highest BCUT2D eigenvalue weighted by Gasteiger charge is 2.25. The van der Waals surface area contributed by atoms with Gasteiger partial charge in [-0.2, -0.15) is 0 Å². The Kier molecular flexibility index (Phi) is 5.63. The molecule has 0 amide bonds.